The fourth-order valence-corrected chi connectivity index (χ4v) is 5.13. The minimum absolute atomic E-state index is 0.106. The first kappa shape index (κ1) is 21.5. The van der Waals surface area contributed by atoms with Gasteiger partial charge in [0.25, 0.3) is 5.91 Å². The highest BCUT2D eigenvalue weighted by atomic mass is 35.5. The molecule has 33 heavy (non-hydrogen) atoms. The molecule has 1 unspecified atom stereocenters. The Bertz CT molecular complexity index is 1370. The van der Waals surface area contributed by atoms with Crippen molar-refractivity contribution in [2.24, 2.45) is 5.16 Å². The first-order valence-electron chi connectivity index (χ1n) is 10.4. The number of amides is 1. The lowest BCUT2D eigenvalue weighted by Crippen LogP contribution is -2.41. The van der Waals surface area contributed by atoms with E-state index >= 15 is 0 Å². The second kappa shape index (κ2) is 8.53. The van der Waals surface area contributed by atoms with Crippen molar-refractivity contribution < 1.29 is 10.0 Å². The van der Waals surface area contributed by atoms with Gasteiger partial charge in [-0.05, 0) is 44.0 Å². The van der Waals surface area contributed by atoms with Crippen LogP contribution in [0.1, 0.15) is 33.6 Å². The molecular weight excluding hydrogens is 463 g/mol. The fourth-order valence-electron chi connectivity index (χ4n) is 4.48. The van der Waals surface area contributed by atoms with Crippen molar-refractivity contribution in [3.63, 3.8) is 0 Å². The number of carbonyl (C=O) groups excluding carboxylic acids is 1. The average Bonchev–Trinajstić information content (AvgIpc) is 3.41. The smallest absolute Gasteiger partial charge is 0.254 e. The highest BCUT2D eigenvalue weighted by Gasteiger charge is 2.27. The van der Waals surface area contributed by atoms with E-state index in [1.54, 1.807) is 16.7 Å². The van der Waals surface area contributed by atoms with Crippen LogP contribution in [0, 0.1) is 6.92 Å². The monoisotopic (exact) mass is 482 g/mol. The van der Waals surface area contributed by atoms with Gasteiger partial charge in [-0.1, -0.05) is 40.0 Å². The predicted molar refractivity (Wildman–Crippen MR) is 127 cm³/mol. The van der Waals surface area contributed by atoms with Crippen LogP contribution in [0.5, 0.6) is 0 Å². The molecule has 168 valence electrons. The van der Waals surface area contributed by atoms with Gasteiger partial charge < -0.3 is 15.1 Å². The summed E-state index contributed by atoms with van der Waals surface area (Å²) in [5, 5.41) is 24.6. The van der Waals surface area contributed by atoms with E-state index in [0.29, 0.717) is 12.2 Å². The van der Waals surface area contributed by atoms with Gasteiger partial charge in [-0.2, -0.15) is 0 Å². The van der Waals surface area contributed by atoms with Crippen LogP contribution in [0.3, 0.4) is 0 Å². The van der Waals surface area contributed by atoms with Crippen LogP contribution < -0.4 is 5.32 Å². The molecule has 3 heterocycles. The van der Waals surface area contributed by atoms with Crippen molar-refractivity contribution in [1.29, 1.82) is 0 Å². The topological polar surface area (TPSA) is 97.3 Å². The minimum Gasteiger partial charge on any atom is -0.411 e. The highest BCUT2D eigenvalue weighted by Crippen LogP contribution is 2.32. The number of benzene rings is 2. The summed E-state index contributed by atoms with van der Waals surface area (Å²) >= 11 is 12.9. The Hall–Kier alpha value is -3.36. The van der Waals surface area contributed by atoms with E-state index in [-0.39, 0.29) is 27.6 Å². The number of fused-ring (bicyclic) bond motifs is 3. The quantitative estimate of drug-likeness (QED) is 0.256. The molecule has 5 rings (SSSR count). The number of nitrogens with zero attached hydrogens (tertiary/aromatic N) is 5. The molecule has 1 atom stereocenters. The minimum atomic E-state index is -0.321. The molecule has 4 aromatic rings. The maximum Gasteiger partial charge on any atom is 0.254 e. The van der Waals surface area contributed by atoms with Gasteiger partial charge in [-0.15, -0.1) is 10.2 Å². The molecule has 2 N–H and O–H groups in total. The first-order chi connectivity index (χ1) is 16.0. The van der Waals surface area contributed by atoms with E-state index in [2.05, 4.69) is 43.4 Å². The van der Waals surface area contributed by atoms with Crippen molar-refractivity contribution in [1.82, 2.24) is 24.6 Å². The Morgan fingerprint density at radius 1 is 1.21 bits per heavy atom. The SMILES string of the molecule is Cc1ccc2c(c1)c(/C=N/O)c1n2CC(NC(=O)c2c(Cl)cc(-n3cnnc3)cc2Cl)CC1. The van der Waals surface area contributed by atoms with Gasteiger partial charge in [0.15, 0.2) is 0 Å². The third-order valence-electron chi connectivity index (χ3n) is 6.00. The van der Waals surface area contributed by atoms with Crippen molar-refractivity contribution >= 4 is 46.2 Å². The number of rotatable bonds is 4. The van der Waals surface area contributed by atoms with Crippen LogP contribution in [0.2, 0.25) is 10.0 Å². The van der Waals surface area contributed by atoms with Crippen LogP contribution in [0.4, 0.5) is 0 Å². The molecule has 1 amide bonds. The summed E-state index contributed by atoms with van der Waals surface area (Å²) in [6.45, 7) is 2.62. The number of aryl methyl sites for hydroxylation is 1. The number of hydrogen-bond acceptors (Lipinski definition) is 5. The average molecular weight is 483 g/mol. The van der Waals surface area contributed by atoms with Gasteiger partial charge in [0, 0.05) is 34.7 Å². The molecule has 0 saturated heterocycles. The maximum atomic E-state index is 13.1. The fraction of sp³-hybridized carbons (Fsp3) is 0.217. The first-order valence-corrected chi connectivity index (χ1v) is 11.2. The second-order valence-electron chi connectivity index (χ2n) is 8.10. The molecule has 1 aliphatic heterocycles. The van der Waals surface area contributed by atoms with Gasteiger partial charge in [0.05, 0.1) is 27.5 Å². The maximum absolute atomic E-state index is 13.1. The van der Waals surface area contributed by atoms with Crippen LogP contribution >= 0.6 is 23.2 Å². The lowest BCUT2D eigenvalue weighted by Gasteiger charge is -2.27. The van der Waals surface area contributed by atoms with Gasteiger partial charge in [0.2, 0.25) is 0 Å². The summed E-state index contributed by atoms with van der Waals surface area (Å²) in [7, 11) is 0. The van der Waals surface area contributed by atoms with E-state index in [1.807, 2.05) is 6.92 Å². The van der Waals surface area contributed by atoms with Crippen molar-refractivity contribution in [3.05, 3.63) is 75.4 Å². The van der Waals surface area contributed by atoms with Crippen molar-refractivity contribution in [2.75, 3.05) is 0 Å². The zero-order valence-electron chi connectivity index (χ0n) is 17.7. The molecule has 2 aromatic carbocycles. The molecule has 0 radical (unpaired) electrons. The number of hydrogen-bond donors (Lipinski definition) is 2. The van der Waals surface area contributed by atoms with E-state index < -0.39 is 0 Å². The van der Waals surface area contributed by atoms with Crippen molar-refractivity contribution in [2.45, 2.75) is 32.4 Å². The van der Waals surface area contributed by atoms with Gasteiger partial charge in [-0.25, -0.2) is 0 Å². The largest absolute Gasteiger partial charge is 0.411 e. The van der Waals surface area contributed by atoms with Gasteiger partial charge in [0.1, 0.15) is 12.7 Å². The molecule has 0 spiro atoms. The molecule has 8 nitrogen and oxygen atoms in total. The zero-order valence-corrected chi connectivity index (χ0v) is 19.2. The Kier molecular flexibility index (Phi) is 5.55. The summed E-state index contributed by atoms with van der Waals surface area (Å²) in [6, 6.07) is 9.41. The molecule has 2 aromatic heterocycles. The van der Waals surface area contributed by atoms with Crippen molar-refractivity contribution in [3.8, 4) is 5.69 Å². The number of carbonyl (C=O) groups is 1. The Labute approximate surface area is 199 Å². The van der Waals surface area contributed by atoms with Crippen LogP contribution in [0.15, 0.2) is 48.1 Å². The summed E-state index contributed by atoms with van der Waals surface area (Å²) in [4.78, 5) is 13.1. The zero-order chi connectivity index (χ0) is 23.1. The molecule has 0 bridgehead atoms. The lowest BCUT2D eigenvalue weighted by atomic mass is 10.0. The summed E-state index contributed by atoms with van der Waals surface area (Å²) < 4.78 is 3.84. The second-order valence-corrected chi connectivity index (χ2v) is 8.91. The normalized spacial score (nSPS) is 15.8. The summed E-state index contributed by atoms with van der Waals surface area (Å²) in [5.74, 6) is -0.321. The molecule has 1 aliphatic rings. The Balaban J connectivity index is 1.42. The molecular formula is C23H20Cl2N6O2. The van der Waals surface area contributed by atoms with Crippen LogP contribution in [-0.4, -0.2) is 42.7 Å². The van der Waals surface area contributed by atoms with Crippen LogP contribution in [-0.2, 0) is 13.0 Å². The van der Waals surface area contributed by atoms with E-state index in [1.165, 1.54) is 18.9 Å². The third kappa shape index (κ3) is 3.85. The van der Waals surface area contributed by atoms with E-state index in [0.717, 1.165) is 40.6 Å². The number of aromatic nitrogens is 4. The van der Waals surface area contributed by atoms with Gasteiger partial charge in [-0.3, -0.25) is 9.36 Å². The lowest BCUT2D eigenvalue weighted by molar-refractivity contribution is 0.0928. The molecule has 10 heteroatoms. The van der Waals surface area contributed by atoms with E-state index in [4.69, 9.17) is 28.4 Å². The number of oxime groups is 1. The summed E-state index contributed by atoms with van der Waals surface area (Å²) in [6.07, 6.45) is 6.01. The molecule has 0 saturated carbocycles. The number of nitrogens with one attached hydrogen (secondary N) is 1. The Morgan fingerprint density at radius 3 is 2.64 bits per heavy atom. The standard InChI is InChI=1S/C23H20Cl2N6O2/c1-13-2-4-20-16(6-13)17(9-28-33)21-5-3-14(10-31(20)21)29-23(32)22-18(24)7-15(8-19(22)25)30-11-26-27-12-30/h2,4,6-9,11-12,14,33H,3,5,10H2,1H3,(H,29,32)/b28-9+. The Morgan fingerprint density at radius 2 is 1.94 bits per heavy atom. The third-order valence-corrected chi connectivity index (χ3v) is 6.59. The van der Waals surface area contributed by atoms with Gasteiger partial charge >= 0.3 is 0 Å². The molecule has 0 aliphatic carbocycles. The van der Waals surface area contributed by atoms with Crippen LogP contribution in [0.25, 0.3) is 16.6 Å². The predicted octanol–water partition coefficient (Wildman–Crippen LogP) is 4.39. The number of halogens is 2. The summed E-state index contributed by atoms with van der Waals surface area (Å²) in [5.41, 5.74) is 5.08. The van der Waals surface area contributed by atoms with E-state index in [9.17, 15) is 4.79 Å². The molecule has 0 fully saturated rings. The highest BCUT2D eigenvalue weighted by molar-refractivity contribution is 6.40.